The van der Waals surface area contributed by atoms with Gasteiger partial charge in [-0.3, -0.25) is 19.6 Å². The first-order chi connectivity index (χ1) is 51.1. The van der Waals surface area contributed by atoms with Crippen molar-refractivity contribution in [3.63, 3.8) is 0 Å². The van der Waals surface area contributed by atoms with Crippen molar-refractivity contribution in [2.24, 2.45) is 82.9 Å². The number of hydrogen-bond acceptors (Lipinski definition) is 4. The zero-order chi connectivity index (χ0) is 72.0. The van der Waals surface area contributed by atoms with E-state index in [9.17, 15) is 0 Å². The van der Waals surface area contributed by atoms with Gasteiger partial charge in [-0.15, -0.1) is 0 Å². The van der Waals surface area contributed by atoms with Crippen LogP contribution in [0.2, 0.25) is 0 Å². The van der Waals surface area contributed by atoms with Gasteiger partial charge in [0.2, 0.25) is 0 Å². The average molecular weight is 1440 g/mol. The fourth-order valence-corrected chi connectivity index (χ4v) is 29.0. The third-order valence-corrected chi connectivity index (χ3v) is 35.0. The predicted octanol–water partition coefficient (Wildman–Crippen LogP) is 29.3. The lowest BCUT2D eigenvalue weighted by atomic mass is 9.44. The van der Waals surface area contributed by atoms with Crippen LogP contribution in [0.5, 0.6) is 0 Å². The highest BCUT2D eigenvalue weighted by molar-refractivity contribution is 5.17. The van der Waals surface area contributed by atoms with Crippen molar-refractivity contribution >= 4 is 0 Å². The van der Waals surface area contributed by atoms with E-state index >= 15 is 0 Å². The summed E-state index contributed by atoms with van der Waals surface area (Å²) in [7, 11) is 0. The minimum absolute atomic E-state index is 0.808. The van der Waals surface area contributed by atoms with Crippen LogP contribution in [0, 0.1) is 82.9 Å². The van der Waals surface area contributed by atoms with Gasteiger partial charge in [-0.05, 0) is 327 Å². The van der Waals surface area contributed by atoms with Crippen LogP contribution >= 0.6 is 0 Å². The minimum Gasteiger partial charge on any atom is -0.294 e. The summed E-state index contributed by atoms with van der Waals surface area (Å²) in [6.07, 6.45) is 99.6. The molecule has 0 aromatic carbocycles. The maximum absolute atomic E-state index is 3.67. The lowest BCUT2D eigenvalue weighted by molar-refractivity contribution is -0.197. The Bertz CT molecular complexity index is 1930. The van der Waals surface area contributed by atoms with Crippen molar-refractivity contribution in [1.29, 1.82) is 0 Å². The van der Waals surface area contributed by atoms with Gasteiger partial charge < -0.3 is 0 Å². The van der Waals surface area contributed by atoms with Gasteiger partial charge in [-0.1, -0.05) is 235 Å². The van der Waals surface area contributed by atoms with Crippen molar-refractivity contribution in [1.82, 2.24) is 19.6 Å². The number of unbranched alkanes of at least 4 members (excludes halogenated alkanes) is 20. The van der Waals surface area contributed by atoms with E-state index in [0.29, 0.717) is 0 Å². The number of rotatable bonds is 40. The van der Waals surface area contributed by atoms with Gasteiger partial charge in [-0.2, -0.15) is 0 Å². The molecule has 12 aliphatic rings. The molecule has 0 aliphatic heterocycles. The number of nitrogens with zero attached hydrogens (tertiary/aromatic N) is 4. The summed E-state index contributed by atoms with van der Waals surface area (Å²) in [6, 6.07) is 9.91. The van der Waals surface area contributed by atoms with E-state index in [4.69, 9.17) is 0 Å². The molecule has 0 radical (unpaired) electrons. The largest absolute Gasteiger partial charge is 0.294 e. The predicted molar refractivity (Wildman–Crippen MR) is 452 cm³/mol. The van der Waals surface area contributed by atoms with Crippen LogP contribution in [0.25, 0.3) is 0 Å². The summed E-state index contributed by atoms with van der Waals surface area (Å²) in [4.78, 5) is 14.7. The van der Waals surface area contributed by atoms with Crippen molar-refractivity contribution in [2.75, 3.05) is 0 Å². The van der Waals surface area contributed by atoms with Crippen LogP contribution < -0.4 is 0 Å². The quantitative estimate of drug-likeness (QED) is 0.0567. The van der Waals surface area contributed by atoms with Crippen LogP contribution in [0.1, 0.15) is 479 Å². The summed E-state index contributed by atoms with van der Waals surface area (Å²) in [6.45, 7) is 20.3. The molecule has 12 saturated carbocycles. The molecule has 8 atom stereocenters. The summed E-state index contributed by atoms with van der Waals surface area (Å²) >= 11 is 0. The third kappa shape index (κ3) is 22.6. The molecule has 0 N–H and O–H groups in total. The molecule has 4 heteroatoms. The first-order valence-corrected chi connectivity index (χ1v) is 50.2. The summed E-state index contributed by atoms with van der Waals surface area (Å²) < 4.78 is 0. The van der Waals surface area contributed by atoms with E-state index in [1.807, 2.05) is 0 Å². The molecule has 4 nitrogen and oxygen atoms in total. The Hall–Kier alpha value is -0.160. The third-order valence-electron chi connectivity index (χ3n) is 35.0. The highest BCUT2D eigenvalue weighted by Gasteiger charge is 2.65. The summed E-state index contributed by atoms with van der Waals surface area (Å²) in [5.41, 5.74) is 0. The Balaban J connectivity index is 0.929. The van der Waals surface area contributed by atoms with Gasteiger partial charge in [0.25, 0.3) is 0 Å². The van der Waals surface area contributed by atoms with Crippen LogP contribution in [-0.2, 0) is 0 Å². The molecule has 104 heavy (non-hydrogen) atoms. The molecule has 602 valence electrons. The Morgan fingerprint density at radius 2 is 0.346 bits per heavy atom. The van der Waals surface area contributed by atoms with Crippen LogP contribution in [0.15, 0.2) is 0 Å². The molecule has 12 fully saturated rings. The van der Waals surface area contributed by atoms with E-state index in [2.05, 4.69) is 75.0 Å². The molecular weight excluding hydrogens is 1260 g/mol. The smallest absolute Gasteiger partial charge is 0.0147 e. The van der Waals surface area contributed by atoms with E-state index in [1.54, 1.807) is 89.9 Å². The van der Waals surface area contributed by atoms with Crippen molar-refractivity contribution in [2.45, 2.75) is 552 Å². The fraction of sp³-hybridized carbons (Fsp3) is 1.00. The van der Waals surface area contributed by atoms with E-state index in [0.717, 1.165) is 155 Å². The summed E-state index contributed by atoms with van der Waals surface area (Å²) in [5, 5.41) is 0. The van der Waals surface area contributed by atoms with Gasteiger partial charge in [0.1, 0.15) is 0 Å². The molecule has 0 amide bonds. The van der Waals surface area contributed by atoms with Gasteiger partial charge in [0.05, 0.1) is 0 Å². The van der Waals surface area contributed by atoms with Crippen LogP contribution in [-0.4, -0.2) is 92.1 Å². The Kier molecular flexibility index (Phi) is 35.2. The molecule has 0 saturated heterocycles. The van der Waals surface area contributed by atoms with E-state index in [1.165, 1.54) is 334 Å². The standard InChI is InChI=1S/C100H182N4/c1-9-13-17-21-25-29-33-79-45-61-87(62-46-79)101(83-53-37-75(5)38-54-83)95-73-96(102(84-55-39-76(6)40-56-84)88-63-47-80(48-64-88)34-30-26-22-18-14-10-2)92-71-72-94-98(104(86-59-43-78(8)44-60-86)90-67-51-82(52-68-90)36-32-28-24-20-16-12-4)74-97(93-70-69-91(95)99(92)100(93)94)103(85-57-41-77(7)42-58-85)89-65-49-81(50-66-89)35-31-27-23-19-15-11-3/h75-100H,9-74H2,1-8H3. The SMILES string of the molecule is CCCCCCCCC1CCC(N(C2CCC(C)CC2)C2CC(N(C3CCC(C)CC3)C3CCC(CCCCCCCC)CC3)C3CCC4C5C(CCC2C35)C(N(C2CCC(C)CC2)C2CCC(CCCCCCCC)CC2)CC4N(C2CCC(C)CC2)C2CCC(CCCCCCCC)CC2)CC1. The van der Waals surface area contributed by atoms with Crippen LogP contribution in [0.4, 0.5) is 0 Å². The van der Waals surface area contributed by atoms with Crippen molar-refractivity contribution in [3.8, 4) is 0 Å². The highest BCUT2D eigenvalue weighted by atomic mass is 15.3. The molecule has 0 heterocycles. The zero-order valence-electron chi connectivity index (χ0n) is 71.5. The molecule has 0 spiro atoms. The van der Waals surface area contributed by atoms with Gasteiger partial charge >= 0.3 is 0 Å². The second-order valence-corrected chi connectivity index (χ2v) is 42.1. The maximum Gasteiger partial charge on any atom is 0.0147 e. The second-order valence-electron chi connectivity index (χ2n) is 42.1. The van der Waals surface area contributed by atoms with Crippen molar-refractivity contribution in [3.05, 3.63) is 0 Å². The topological polar surface area (TPSA) is 13.0 Å². The number of hydrogen-bond donors (Lipinski definition) is 0. The molecule has 12 rings (SSSR count). The average Bonchev–Trinajstić information content (AvgIpc) is 0.701. The molecule has 0 bridgehead atoms. The molecular formula is C100H182N4. The Morgan fingerprint density at radius 3 is 0.529 bits per heavy atom. The maximum atomic E-state index is 3.67. The molecule has 12 aliphatic carbocycles. The van der Waals surface area contributed by atoms with E-state index < -0.39 is 0 Å². The van der Waals surface area contributed by atoms with Crippen molar-refractivity contribution < 1.29 is 0 Å². The Labute approximate surface area is 650 Å². The molecule has 0 aromatic heterocycles. The molecule has 0 aromatic rings. The summed E-state index contributed by atoms with van der Waals surface area (Å²) in [5.74, 6) is 13.2. The first-order valence-electron chi connectivity index (χ1n) is 50.2. The Morgan fingerprint density at radius 1 is 0.183 bits per heavy atom. The van der Waals surface area contributed by atoms with Gasteiger partial charge in [0.15, 0.2) is 0 Å². The highest BCUT2D eigenvalue weighted by Crippen LogP contribution is 2.65. The zero-order valence-corrected chi connectivity index (χ0v) is 71.5. The van der Waals surface area contributed by atoms with Crippen LogP contribution in [0.3, 0.4) is 0 Å². The van der Waals surface area contributed by atoms with Gasteiger partial charge in [-0.25, -0.2) is 0 Å². The minimum atomic E-state index is 0.808. The molecule has 8 unspecified atom stereocenters. The lowest BCUT2D eigenvalue weighted by Crippen LogP contribution is -2.72. The first kappa shape index (κ1) is 83.3. The van der Waals surface area contributed by atoms with Gasteiger partial charge in [0, 0.05) is 72.5 Å². The normalized spacial score (nSPS) is 40.3. The van der Waals surface area contributed by atoms with E-state index in [-0.39, 0.29) is 0 Å². The lowest BCUT2D eigenvalue weighted by Gasteiger charge is -2.69. The second kappa shape index (κ2) is 43.9. The fourth-order valence-electron chi connectivity index (χ4n) is 29.0. The monoisotopic (exact) mass is 1440 g/mol.